The molecule has 1 aromatic carbocycles. The van der Waals surface area contributed by atoms with E-state index in [1.165, 1.54) is 0 Å². The first-order valence-electron chi connectivity index (χ1n) is 9.62. The van der Waals surface area contributed by atoms with Gasteiger partial charge in [0.25, 0.3) is 5.91 Å². The van der Waals surface area contributed by atoms with E-state index < -0.39 is 5.60 Å². The monoisotopic (exact) mass is 348 g/mol. The second kappa shape index (κ2) is 6.88. The number of aromatic nitrogens is 1. The van der Waals surface area contributed by atoms with Crippen LogP contribution in [-0.2, 0) is 5.60 Å². The van der Waals surface area contributed by atoms with Gasteiger partial charge in [-0.3, -0.25) is 9.78 Å². The maximum Gasteiger partial charge on any atom is 0.272 e. The number of hydrogen-bond donors (Lipinski definition) is 1. The minimum absolute atomic E-state index is 0.000659. The van der Waals surface area contributed by atoms with Crippen LogP contribution in [0.5, 0.6) is 0 Å². The molecule has 0 bridgehead atoms. The standard InChI is InChI=1S/C21H25BN2O2/c22-19-12-6-10-17(23-19)20(25)24-14-13-21(26,15-7-2-1-3-8-15)16-9-4-5-11-18(16)24/h1-3,6-8,10,12,16,18,26H,4-5,9,11,13-14,22H2/t16-,18+,21?/m0/s1. The topological polar surface area (TPSA) is 53.4 Å². The predicted molar refractivity (Wildman–Crippen MR) is 104 cm³/mol. The number of likely N-dealkylation sites (tertiary alicyclic amines) is 1. The van der Waals surface area contributed by atoms with E-state index in [1.54, 1.807) is 6.07 Å². The Balaban J connectivity index is 1.66. The van der Waals surface area contributed by atoms with Crippen LogP contribution in [0.2, 0.25) is 0 Å². The molecule has 4 rings (SSSR count). The molecule has 3 atom stereocenters. The molecule has 1 saturated carbocycles. The summed E-state index contributed by atoms with van der Waals surface area (Å²) in [6.45, 7) is 0.570. The number of amides is 1. The summed E-state index contributed by atoms with van der Waals surface area (Å²) >= 11 is 0. The lowest BCUT2D eigenvalue weighted by atomic mass is 9.66. The van der Waals surface area contributed by atoms with E-state index in [9.17, 15) is 9.90 Å². The average molecular weight is 348 g/mol. The molecule has 2 fully saturated rings. The molecule has 1 saturated heterocycles. The van der Waals surface area contributed by atoms with Crippen molar-refractivity contribution in [3.63, 3.8) is 0 Å². The van der Waals surface area contributed by atoms with Crippen molar-refractivity contribution < 1.29 is 9.90 Å². The number of benzene rings is 1. The molecule has 2 aliphatic rings. The second-order valence-electron chi connectivity index (χ2n) is 7.66. The van der Waals surface area contributed by atoms with Crippen LogP contribution in [0, 0.1) is 5.92 Å². The van der Waals surface area contributed by atoms with E-state index in [2.05, 4.69) is 4.98 Å². The van der Waals surface area contributed by atoms with Crippen LogP contribution in [0.15, 0.2) is 48.5 Å². The summed E-state index contributed by atoms with van der Waals surface area (Å²) in [4.78, 5) is 19.5. The smallest absolute Gasteiger partial charge is 0.272 e. The van der Waals surface area contributed by atoms with Crippen molar-refractivity contribution >= 4 is 19.3 Å². The normalized spacial score (nSPS) is 28.4. The number of hydrogen-bond acceptors (Lipinski definition) is 3. The van der Waals surface area contributed by atoms with Crippen molar-refractivity contribution in [1.29, 1.82) is 0 Å². The molecular weight excluding hydrogens is 323 g/mol. The lowest BCUT2D eigenvalue weighted by molar-refractivity contribution is -0.110. The molecular formula is C21H25BN2O2. The van der Waals surface area contributed by atoms with Gasteiger partial charge in [0, 0.05) is 18.5 Å². The molecule has 0 radical (unpaired) electrons. The van der Waals surface area contributed by atoms with Crippen molar-refractivity contribution in [2.45, 2.75) is 43.7 Å². The first kappa shape index (κ1) is 17.3. The van der Waals surface area contributed by atoms with E-state index in [0.29, 0.717) is 18.7 Å². The van der Waals surface area contributed by atoms with Gasteiger partial charge < -0.3 is 10.0 Å². The van der Waals surface area contributed by atoms with Gasteiger partial charge in [0.05, 0.1) is 5.60 Å². The molecule has 1 amide bonds. The Morgan fingerprint density at radius 2 is 1.88 bits per heavy atom. The Morgan fingerprint density at radius 1 is 1.12 bits per heavy atom. The summed E-state index contributed by atoms with van der Waals surface area (Å²) in [5.74, 6) is 0.0851. The zero-order chi connectivity index (χ0) is 18.1. The third kappa shape index (κ3) is 2.94. The lowest BCUT2D eigenvalue weighted by Gasteiger charge is -2.52. The summed E-state index contributed by atoms with van der Waals surface area (Å²) in [5, 5.41) is 11.6. The molecule has 1 aliphatic heterocycles. The Morgan fingerprint density at radius 3 is 2.65 bits per heavy atom. The zero-order valence-corrected chi connectivity index (χ0v) is 15.3. The highest BCUT2D eigenvalue weighted by molar-refractivity contribution is 6.30. The van der Waals surface area contributed by atoms with Gasteiger partial charge in [0.15, 0.2) is 7.85 Å². The van der Waals surface area contributed by atoms with E-state index in [-0.39, 0.29) is 17.9 Å². The molecule has 2 heterocycles. The van der Waals surface area contributed by atoms with Crippen molar-refractivity contribution in [3.8, 4) is 0 Å². The van der Waals surface area contributed by atoms with Gasteiger partial charge in [-0.15, -0.1) is 0 Å². The number of aliphatic hydroxyl groups is 1. The zero-order valence-electron chi connectivity index (χ0n) is 15.3. The van der Waals surface area contributed by atoms with Gasteiger partial charge in [-0.25, -0.2) is 0 Å². The third-order valence-corrected chi connectivity index (χ3v) is 6.12. The number of piperidine rings is 1. The quantitative estimate of drug-likeness (QED) is 0.840. The fourth-order valence-corrected chi connectivity index (χ4v) is 4.83. The van der Waals surface area contributed by atoms with Crippen LogP contribution >= 0.6 is 0 Å². The van der Waals surface area contributed by atoms with Crippen molar-refractivity contribution in [2.24, 2.45) is 5.92 Å². The van der Waals surface area contributed by atoms with Crippen LogP contribution < -0.4 is 5.59 Å². The molecule has 1 N–H and O–H groups in total. The molecule has 1 unspecified atom stereocenters. The number of carbonyl (C=O) groups excluding carboxylic acids is 1. The summed E-state index contributed by atoms with van der Waals surface area (Å²) in [6, 6.07) is 15.7. The van der Waals surface area contributed by atoms with Crippen LogP contribution in [0.3, 0.4) is 0 Å². The van der Waals surface area contributed by atoms with Crippen LogP contribution in [0.1, 0.15) is 48.2 Å². The minimum atomic E-state index is -0.844. The molecule has 1 aliphatic carbocycles. The Hall–Kier alpha value is -2.14. The Labute approximate surface area is 155 Å². The summed E-state index contributed by atoms with van der Waals surface area (Å²) in [7, 11) is 1.91. The van der Waals surface area contributed by atoms with E-state index in [1.807, 2.05) is 55.2 Å². The van der Waals surface area contributed by atoms with Gasteiger partial charge in [-0.2, -0.15) is 0 Å². The summed E-state index contributed by atoms with van der Waals surface area (Å²) in [5.41, 5.74) is 1.51. The molecule has 26 heavy (non-hydrogen) atoms. The highest BCUT2D eigenvalue weighted by atomic mass is 16.3. The molecule has 1 aromatic heterocycles. The fraction of sp³-hybridized carbons (Fsp3) is 0.429. The number of nitrogens with zero attached hydrogens (tertiary/aromatic N) is 2. The fourth-order valence-electron chi connectivity index (χ4n) is 4.83. The second-order valence-corrected chi connectivity index (χ2v) is 7.66. The van der Waals surface area contributed by atoms with Crippen molar-refractivity contribution in [1.82, 2.24) is 9.88 Å². The Bertz CT molecular complexity index is 798. The highest BCUT2D eigenvalue weighted by Crippen LogP contribution is 2.47. The molecule has 2 aromatic rings. The summed E-state index contributed by atoms with van der Waals surface area (Å²) < 4.78 is 0. The Kier molecular flexibility index (Phi) is 4.57. The molecule has 4 nitrogen and oxygen atoms in total. The number of carbonyl (C=O) groups is 1. The maximum atomic E-state index is 13.1. The summed E-state index contributed by atoms with van der Waals surface area (Å²) in [6.07, 6.45) is 4.71. The van der Waals surface area contributed by atoms with E-state index >= 15 is 0 Å². The number of pyridine rings is 1. The third-order valence-electron chi connectivity index (χ3n) is 6.12. The number of rotatable bonds is 2. The van der Waals surface area contributed by atoms with Crippen LogP contribution in [0.25, 0.3) is 0 Å². The predicted octanol–water partition coefficient (Wildman–Crippen LogP) is 1.63. The van der Waals surface area contributed by atoms with Crippen LogP contribution in [0.4, 0.5) is 0 Å². The van der Waals surface area contributed by atoms with Gasteiger partial charge in [-0.05, 0) is 36.5 Å². The van der Waals surface area contributed by atoms with Gasteiger partial charge in [0.1, 0.15) is 5.69 Å². The first-order valence-corrected chi connectivity index (χ1v) is 9.62. The van der Waals surface area contributed by atoms with Crippen LogP contribution in [-0.4, -0.2) is 41.3 Å². The van der Waals surface area contributed by atoms with Gasteiger partial charge in [0.2, 0.25) is 0 Å². The lowest BCUT2D eigenvalue weighted by Crippen LogP contribution is -2.59. The minimum Gasteiger partial charge on any atom is -0.385 e. The van der Waals surface area contributed by atoms with Crippen molar-refractivity contribution in [3.05, 3.63) is 59.8 Å². The van der Waals surface area contributed by atoms with E-state index in [4.69, 9.17) is 0 Å². The van der Waals surface area contributed by atoms with Crippen molar-refractivity contribution in [2.75, 3.05) is 6.54 Å². The van der Waals surface area contributed by atoms with E-state index in [0.717, 1.165) is 36.8 Å². The molecule has 134 valence electrons. The highest BCUT2D eigenvalue weighted by Gasteiger charge is 2.50. The molecule has 0 spiro atoms. The van der Waals surface area contributed by atoms with Gasteiger partial charge >= 0.3 is 0 Å². The SMILES string of the molecule is Bc1cccc(C(=O)N2CCC(O)(c3ccccc3)[C@H]3CCCC[C@H]32)n1. The first-order chi connectivity index (χ1) is 12.6. The maximum absolute atomic E-state index is 13.1. The average Bonchev–Trinajstić information content (AvgIpc) is 2.69. The molecule has 5 heteroatoms. The van der Waals surface area contributed by atoms with Gasteiger partial charge in [-0.1, -0.05) is 55.3 Å². The largest absolute Gasteiger partial charge is 0.385 e. The number of fused-ring (bicyclic) bond motifs is 1.